The third-order valence-electron chi connectivity index (χ3n) is 22.9. The molecule has 0 fully saturated rings. The zero-order valence-electron chi connectivity index (χ0n) is 64.3. The first kappa shape index (κ1) is 68.9. The first-order valence-electron chi connectivity index (χ1n) is 39.5. The molecule has 0 saturated carbocycles. The Kier molecular flexibility index (Phi) is 17.0. The third-order valence-corrected chi connectivity index (χ3v) is 22.9. The van der Waals surface area contributed by atoms with Gasteiger partial charge < -0.3 is 18.0 Å². The topological polar surface area (TPSA) is 87.7 Å². The largest absolute Gasteiger partial charge is 0.456 e. The van der Waals surface area contributed by atoms with Crippen LogP contribution in [-0.2, 0) is 0 Å². The molecule has 0 aliphatic rings. The lowest BCUT2D eigenvalue weighted by Crippen LogP contribution is -2.00. The molecule has 0 N–H and O–H groups in total. The molecule has 8 nitrogen and oxygen atoms in total. The second-order valence-electron chi connectivity index (χ2n) is 30.2. The molecule has 6 heterocycles. The summed E-state index contributed by atoms with van der Waals surface area (Å²) in [5.74, 6) is 1.40. The van der Waals surface area contributed by atoms with E-state index in [-0.39, 0.29) is 0 Å². The number of hydrogen-bond donors (Lipinski definition) is 0. The summed E-state index contributed by atoms with van der Waals surface area (Å²) >= 11 is 0. The van der Waals surface area contributed by atoms with Crippen LogP contribution in [0.15, 0.2) is 385 Å². The van der Waals surface area contributed by atoms with Crippen LogP contribution >= 0.6 is 0 Å². The summed E-state index contributed by atoms with van der Waals surface area (Å²) in [6, 6.07) is 133. The van der Waals surface area contributed by atoms with Crippen molar-refractivity contribution in [3.8, 4) is 124 Å². The van der Waals surface area contributed by atoms with Gasteiger partial charge in [0.2, 0.25) is 0 Å². The number of furan rings is 2. The van der Waals surface area contributed by atoms with E-state index in [2.05, 4.69) is 340 Å². The molecule has 0 saturated heterocycles. The number of benzene rings is 16. The maximum Gasteiger partial charge on any atom is 0.160 e. The number of hydrogen-bond acceptors (Lipinski definition) is 6. The summed E-state index contributed by atoms with van der Waals surface area (Å²) in [5, 5.41) is 9.43. The van der Waals surface area contributed by atoms with E-state index in [1.165, 1.54) is 77.2 Å². The lowest BCUT2D eigenvalue weighted by molar-refractivity contribution is 0.668. The molecule has 0 unspecified atom stereocenters. The van der Waals surface area contributed by atoms with Crippen LogP contribution in [0.2, 0.25) is 0 Å². The fourth-order valence-corrected chi connectivity index (χ4v) is 17.2. The highest BCUT2D eigenvalue weighted by Crippen LogP contribution is 2.44. The van der Waals surface area contributed by atoms with Crippen LogP contribution in [0.25, 0.3) is 211 Å². The predicted molar refractivity (Wildman–Crippen MR) is 481 cm³/mol. The van der Waals surface area contributed by atoms with E-state index >= 15 is 0 Å². The Hall–Kier alpha value is -15.1. The maximum atomic E-state index is 6.31. The van der Waals surface area contributed by atoms with Crippen LogP contribution < -0.4 is 0 Å². The van der Waals surface area contributed by atoms with E-state index in [9.17, 15) is 0 Å². The zero-order chi connectivity index (χ0) is 77.5. The number of para-hydroxylation sites is 4. The molecule has 0 aliphatic heterocycles. The first-order valence-corrected chi connectivity index (χ1v) is 39.5. The fourth-order valence-electron chi connectivity index (χ4n) is 17.2. The molecule has 6 aromatic heterocycles. The lowest BCUT2D eigenvalue weighted by Gasteiger charge is -2.17. The van der Waals surface area contributed by atoms with E-state index in [1.54, 1.807) is 0 Å². The Morgan fingerprint density at radius 1 is 0.207 bits per heavy atom. The smallest absolute Gasteiger partial charge is 0.160 e. The molecule has 0 spiro atoms. The van der Waals surface area contributed by atoms with Gasteiger partial charge in [-0.1, -0.05) is 273 Å². The van der Waals surface area contributed by atoms with Gasteiger partial charge in [0.1, 0.15) is 22.3 Å². The molecular weight excluding hydrogens is 1410 g/mol. The van der Waals surface area contributed by atoms with E-state index in [4.69, 9.17) is 28.8 Å². The van der Waals surface area contributed by atoms with Crippen molar-refractivity contribution in [3.05, 3.63) is 398 Å². The van der Waals surface area contributed by atoms with Gasteiger partial charge in [-0.05, 0) is 198 Å². The van der Waals surface area contributed by atoms with Gasteiger partial charge in [0.05, 0.1) is 44.8 Å². The molecule has 116 heavy (non-hydrogen) atoms. The van der Waals surface area contributed by atoms with Gasteiger partial charge in [0, 0.05) is 87.8 Å². The Labute approximate surface area is 670 Å². The molecule has 8 heteroatoms. The minimum absolute atomic E-state index is 0.699. The summed E-state index contributed by atoms with van der Waals surface area (Å²) in [6.07, 6.45) is 0. The minimum atomic E-state index is 0.699. The van der Waals surface area contributed by atoms with Gasteiger partial charge in [0.25, 0.3) is 0 Å². The van der Waals surface area contributed by atoms with Crippen molar-refractivity contribution >= 4 is 87.5 Å². The highest BCUT2D eigenvalue weighted by molar-refractivity contribution is 6.13. The summed E-state index contributed by atoms with van der Waals surface area (Å²) in [5.41, 5.74) is 34.6. The molecule has 0 radical (unpaired) electrons. The molecule has 0 amide bonds. The average Bonchev–Trinajstić information content (AvgIpc) is 1.58. The van der Waals surface area contributed by atoms with Crippen LogP contribution in [0.4, 0.5) is 0 Å². The summed E-state index contributed by atoms with van der Waals surface area (Å²) < 4.78 is 17.5. The summed E-state index contributed by atoms with van der Waals surface area (Å²) in [4.78, 5) is 20.3. The number of fused-ring (bicyclic) bond motifs is 12. The van der Waals surface area contributed by atoms with Crippen molar-refractivity contribution in [2.45, 2.75) is 27.7 Å². The van der Waals surface area contributed by atoms with Gasteiger partial charge >= 0.3 is 0 Å². The number of rotatable bonds is 12. The van der Waals surface area contributed by atoms with Gasteiger partial charge in [-0.2, -0.15) is 0 Å². The average molecular weight is 1490 g/mol. The number of aromatic nitrogens is 6. The zero-order valence-corrected chi connectivity index (χ0v) is 64.3. The van der Waals surface area contributed by atoms with Gasteiger partial charge in [-0.25, -0.2) is 19.9 Å². The standard InChI is InChI=1S/2C54H37N3O/c1-34-28-35(2)51(32-45(34)40-24-26-44-43-21-10-12-23-52(43)58-53(44)31-40)57-49-22-11-9-20-42(49)46-30-39(25-27-50(46)57)38-18-13-19-41(29-38)54-55-47(36-14-5-3-6-15-36)33-48(56-54)37-16-7-4-8-17-37;1-34-29-45(41-25-27-44-43-18-10-12-20-52(43)58-53(44)32-41)35(2)51(30-34)57-49-19-11-9-17-42(49)46-31-40(26-28-50(46)57)36-21-23-39(24-22-36)54-55-47(37-13-5-3-6-14-37)33-48(56-54)38-15-7-4-8-16-38/h2*3-33H,1-2H3. The van der Waals surface area contributed by atoms with Crippen molar-refractivity contribution in [1.29, 1.82) is 0 Å². The van der Waals surface area contributed by atoms with Gasteiger partial charge in [-0.3, -0.25) is 0 Å². The molecule has 22 aromatic rings. The highest BCUT2D eigenvalue weighted by atomic mass is 16.3. The molecule has 0 atom stereocenters. The Bertz CT molecular complexity index is 7490. The van der Waals surface area contributed by atoms with Crippen LogP contribution in [0.1, 0.15) is 22.3 Å². The number of nitrogens with zero attached hydrogens (tertiary/aromatic N) is 6. The second kappa shape index (κ2) is 28.6. The SMILES string of the molecule is Cc1cc(-c2ccc3c(c2)oc2ccccc23)c(C)c(-n2c3ccccc3c3cc(-c4ccc(-c5nc(-c6ccccc6)cc(-c6ccccc6)n5)cc4)ccc32)c1.Cc1cc(C)c(-n2c3ccccc3c3cc(-c4cccc(-c5nc(-c6ccccc6)cc(-c6ccccc6)n5)c4)ccc32)cc1-c1ccc2c(c1)oc1ccccc12. The van der Waals surface area contributed by atoms with Crippen molar-refractivity contribution in [1.82, 2.24) is 29.1 Å². The molecule has 0 bridgehead atoms. The molecule has 548 valence electrons. The van der Waals surface area contributed by atoms with Crippen LogP contribution in [0.3, 0.4) is 0 Å². The molecular formula is C108H74N6O2. The van der Waals surface area contributed by atoms with Crippen molar-refractivity contribution in [2.75, 3.05) is 0 Å². The van der Waals surface area contributed by atoms with Gasteiger partial charge in [-0.15, -0.1) is 0 Å². The number of aryl methyl sites for hydroxylation is 3. The first-order chi connectivity index (χ1) is 57.1. The van der Waals surface area contributed by atoms with Gasteiger partial charge in [0.15, 0.2) is 11.6 Å². The van der Waals surface area contributed by atoms with E-state index < -0.39 is 0 Å². The van der Waals surface area contributed by atoms with E-state index in [1.807, 2.05) is 72.8 Å². The Balaban J connectivity index is 0.000000145. The fraction of sp³-hybridized carbons (Fsp3) is 0.0370. The minimum Gasteiger partial charge on any atom is -0.456 e. The second-order valence-corrected chi connectivity index (χ2v) is 30.2. The van der Waals surface area contributed by atoms with E-state index in [0.717, 1.165) is 145 Å². The van der Waals surface area contributed by atoms with Crippen LogP contribution in [0, 0.1) is 27.7 Å². The summed E-state index contributed by atoms with van der Waals surface area (Å²) in [6.45, 7) is 8.85. The van der Waals surface area contributed by atoms with E-state index in [0.29, 0.717) is 11.6 Å². The van der Waals surface area contributed by atoms with Crippen molar-refractivity contribution in [3.63, 3.8) is 0 Å². The highest BCUT2D eigenvalue weighted by Gasteiger charge is 2.23. The molecule has 16 aromatic carbocycles. The lowest BCUT2D eigenvalue weighted by atomic mass is 9.95. The normalized spacial score (nSPS) is 11.6. The van der Waals surface area contributed by atoms with Crippen molar-refractivity contribution < 1.29 is 8.83 Å². The van der Waals surface area contributed by atoms with Crippen LogP contribution in [0.5, 0.6) is 0 Å². The molecule has 22 rings (SSSR count). The summed E-state index contributed by atoms with van der Waals surface area (Å²) in [7, 11) is 0. The Morgan fingerprint density at radius 3 is 1.09 bits per heavy atom. The Morgan fingerprint density at radius 2 is 0.578 bits per heavy atom. The predicted octanol–water partition coefficient (Wildman–Crippen LogP) is 28.8. The third kappa shape index (κ3) is 12.4. The quantitative estimate of drug-likeness (QED) is 0.121. The maximum absolute atomic E-state index is 6.31. The monoisotopic (exact) mass is 1490 g/mol. The van der Waals surface area contributed by atoms with Crippen LogP contribution in [-0.4, -0.2) is 29.1 Å². The van der Waals surface area contributed by atoms with Crippen molar-refractivity contribution in [2.24, 2.45) is 0 Å². The molecule has 0 aliphatic carbocycles.